The maximum Gasteiger partial charge on any atom is 0.0474 e. The van der Waals surface area contributed by atoms with Gasteiger partial charge in [0.15, 0.2) is 0 Å². The second-order valence-electron chi connectivity index (χ2n) is 6.08. The van der Waals surface area contributed by atoms with E-state index in [2.05, 4.69) is 41.0 Å². The minimum absolute atomic E-state index is 0.633. The van der Waals surface area contributed by atoms with Crippen LogP contribution in [0.2, 0.25) is 0 Å². The molecule has 1 rings (SSSR count). The fraction of sp³-hybridized carbons (Fsp3) is 1.00. The van der Waals surface area contributed by atoms with Gasteiger partial charge in [0.2, 0.25) is 0 Å². The van der Waals surface area contributed by atoms with Crippen molar-refractivity contribution in [2.24, 2.45) is 0 Å². The Kier molecular flexibility index (Phi) is 9.39. The Morgan fingerprint density at radius 1 is 1.20 bits per heavy atom. The van der Waals surface area contributed by atoms with Crippen molar-refractivity contribution in [3.05, 3.63) is 0 Å². The third kappa shape index (κ3) is 7.55. The normalized spacial score (nSPS) is 19.6. The lowest BCUT2D eigenvalue weighted by molar-refractivity contribution is 0.0967. The molecule has 1 saturated heterocycles. The fourth-order valence-electron chi connectivity index (χ4n) is 2.55. The Hall–Kier alpha value is -0.200. The van der Waals surface area contributed by atoms with Crippen LogP contribution in [0.15, 0.2) is 0 Å². The third-order valence-electron chi connectivity index (χ3n) is 4.04. The van der Waals surface area contributed by atoms with Crippen molar-refractivity contribution in [3.63, 3.8) is 0 Å². The highest BCUT2D eigenvalue weighted by atomic mass is 16.5. The van der Waals surface area contributed by atoms with Crippen molar-refractivity contribution >= 4 is 0 Å². The molecule has 1 atom stereocenters. The Labute approximate surface area is 125 Å². The van der Waals surface area contributed by atoms with Crippen LogP contribution in [0.25, 0.3) is 0 Å². The van der Waals surface area contributed by atoms with Crippen molar-refractivity contribution in [3.8, 4) is 0 Å². The van der Waals surface area contributed by atoms with Gasteiger partial charge in [0.05, 0.1) is 0 Å². The molecular formula is C15H34N4O. The fourth-order valence-corrected chi connectivity index (χ4v) is 2.55. The van der Waals surface area contributed by atoms with E-state index in [1.54, 1.807) is 7.11 Å². The van der Waals surface area contributed by atoms with Crippen LogP contribution in [0.5, 0.6) is 0 Å². The van der Waals surface area contributed by atoms with Gasteiger partial charge in [-0.1, -0.05) is 0 Å². The molecule has 0 spiro atoms. The molecule has 1 aliphatic heterocycles. The average Bonchev–Trinajstić information content (AvgIpc) is 2.45. The first-order valence-corrected chi connectivity index (χ1v) is 7.94. The summed E-state index contributed by atoms with van der Waals surface area (Å²) < 4.78 is 5.06. The van der Waals surface area contributed by atoms with Crippen molar-refractivity contribution in [2.75, 3.05) is 80.2 Å². The van der Waals surface area contributed by atoms with Crippen LogP contribution in [0.4, 0.5) is 0 Å². The zero-order chi connectivity index (χ0) is 14.8. The van der Waals surface area contributed by atoms with Crippen LogP contribution in [-0.2, 0) is 4.74 Å². The van der Waals surface area contributed by atoms with Gasteiger partial charge in [0, 0.05) is 65.6 Å². The van der Waals surface area contributed by atoms with Crippen LogP contribution < -0.4 is 5.32 Å². The van der Waals surface area contributed by atoms with Gasteiger partial charge < -0.3 is 15.0 Å². The number of nitrogens with zero attached hydrogens (tertiary/aromatic N) is 3. The highest BCUT2D eigenvalue weighted by Crippen LogP contribution is 2.05. The second kappa shape index (κ2) is 10.5. The summed E-state index contributed by atoms with van der Waals surface area (Å²) in [6.07, 6.45) is 1.10. The van der Waals surface area contributed by atoms with Gasteiger partial charge in [-0.05, 0) is 34.0 Å². The average molecular weight is 286 g/mol. The quantitative estimate of drug-likeness (QED) is 0.579. The molecule has 5 heteroatoms. The topological polar surface area (TPSA) is 31.0 Å². The number of hydrogen-bond donors (Lipinski definition) is 1. The predicted octanol–water partition coefficient (Wildman–Crippen LogP) is 0.180. The summed E-state index contributed by atoms with van der Waals surface area (Å²) in [6, 6.07) is 0.633. The number of nitrogens with one attached hydrogen (secondary N) is 1. The van der Waals surface area contributed by atoms with Crippen LogP contribution in [0, 0.1) is 0 Å². The van der Waals surface area contributed by atoms with Crippen molar-refractivity contribution in [1.82, 2.24) is 20.0 Å². The number of likely N-dealkylation sites (N-methyl/N-ethyl adjacent to an activating group) is 1. The summed E-state index contributed by atoms with van der Waals surface area (Å²) in [4.78, 5) is 7.45. The molecule has 120 valence electrons. The summed E-state index contributed by atoms with van der Waals surface area (Å²) in [5.74, 6) is 0. The van der Waals surface area contributed by atoms with Gasteiger partial charge in [-0.2, -0.15) is 0 Å². The van der Waals surface area contributed by atoms with E-state index in [1.165, 1.54) is 32.7 Å². The van der Waals surface area contributed by atoms with Crippen molar-refractivity contribution in [1.29, 1.82) is 0 Å². The molecule has 5 nitrogen and oxygen atoms in total. The summed E-state index contributed by atoms with van der Waals surface area (Å²) >= 11 is 0. The lowest BCUT2D eigenvalue weighted by atomic mass is 10.2. The Balaban J connectivity index is 2.07. The first kappa shape index (κ1) is 17.9. The van der Waals surface area contributed by atoms with Gasteiger partial charge in [-0.25, -0.2) is 0 Å². The standard InChI is InChI=1S/C15H34N4O/c1-15(14-16-6-5-13-20-4)19-11-9-18(10-12-19)8-7-17(2)3/h15-16H,5-14H2,1-4H3. The first-order chi connectivity index (χ1) is 9.63. The largest absolute Gasteiger partial charge is 0.385 e. The highest BCUT2D eigenvalue weighted by Gasteiger charge is 2.20. The molecular weight excluding hydrogens is 252 g/mol. The van der Waals surface area contributed by atoms with Crippen molar-refractivity contribution < 1.29 is 4.74 Å². The molecule has 1 heterocycles. The monoisotopic (exact) mass is 286 g/mol. The van der Waals surface area contributed by atoms with E-state index in [0.29, 0.717) is 6.04 Å². The molecule has 0 bridgehead atoms. The molecule has 1 N–H and O–H groups in total. The summed E-state index contributed by atoms with van der Waals surface area (Å²) in [5, 5.41) is 3.53. The van der Waals surface area contributed by atoms with E-state index >= 15 is 0 Å². The van der Waals surface area contributed by atoms with E-state index in [9.17, 15) is 0 Å². The molecule has 0 amide bonds. The summed E-state index contributed by atoms with van der Waals surface area (Å²) in [6.45, 7) is 12.5. The smallest absolute Gasteiger partial charge is 0.0474 e. The van der Waals surface area contributed by atoms with Crippen LogP contribution in [0.3, 0.4) is 0 Å². The minimum Gasteiger partial charge on any atom is -0.385 e. The van der Waals surface area contributed by atoms with Crippen molar-refractivity contribution in [2.45, 2.75) is 19.4 Å². The van der Waals surface area contributed by atoms with E-state index < -0.39 is 0 Å². The van der Waals surface area contributed by atoms with E-state index in [1.807, 2.05) is 0 Å². The summed E-state index contributed by atoms with van der Waals surface area (Å²) in [5.41, 5.74) is 0. The molecule has 0 aromatic rings. The van der Waals surface area contributed by atoms with Crippen LogP contribution in [-0.4, -0.2) is 101 Å². The molecule has 0 aliphatic carbocycles. The Morgan fingerprint density at radius 3 is 2.50 bits per heavy atom. The molecule has 0 aromatic carbocycles. The van der Waals surface area contributed by atoms with Gasteiger partial charge in [0.1, 0.15) is 0 Å². The lowest BCUT2D eigenvalue weighted by Crippen LogP contribution is -2.52. The lowest BCUT2D eigenvalue weighted by Gasteiger charge is -2.38. The maximum atomic E-state index is 5.06. The number of piperazine rings is 1. The molecule has 1 aliphatic rings. The molecule has 1 fully saturated rings. The Bertz CT molecular complexity index is 230. The van der Waals surface area contributed by atoms with E-state index in [4.69, 9.17) is 4.74 Å². The van der Waals surface area contributed by atoms with Gasteiger partial charge in [0.25, 0.3) is 0 Å². The molecule has 1 unspecified atom stereocenters. The Morgan fingerprint density at radius 2 is 1.90 bits per heavy atom. The number of ether oxygens (including phenoxy) is 1. The first-order valence-electron chi connectivity index (χ1n) is 7.94. The molecule has 0 saturated carbocycles. The summed E-state index contributed by atoms with van der Waals surface area (Å²) in [7, 11) is 6.06. The number of rotatable bonds is 10. The van der Waals surface area contributed by atoms with Crippen LogP contribution in [0.1, 0.15) is 13.3 Å². The SMILES string of the molecule is COCCCNCC(C)N1CCN(CCN(C)C)CC1. The number of hydrogen-bond acceptors (Lipinski definition) is 5. The van der Waals surface area contributed by atoms with E-state index in [-0.39, 0.29) is 0 Å². The minimum atomic E-state index is 0.633. The van der Waals surface area contributed by atoms with Crippen LogP contribution >= 0.6 is 0 Å². The van der Waals surface area contributed by atoms with Gasteiger partial charge in [-0.15, -0.1) is 0 Å². The maximum absolute atomic E-state index is 5.06. The third-order valence-corrected chi connectivity index (χ3v) is 4.04. The molecule has 0 aromatic heterocycles. The second-order valence-corrected chi connectivity index (χ2v) is 6.08. The zero-order valence-electron chi connectivity index (χ0n) is 13.9. The highest BCUT2D eigenvalue weighted by molar-refractivity contribution is 4.77. The number of methoxy groups -OCH3 is 1. The van der Waals surface area contributed by atoms with E-state index in [0.717, 1.165) is 32.7 Å². The van der Waals surface area contributed by atoms with Gasteiger partial charge in [-0.3, -0.25) is 9.80 Å². The predicted molar refractivity (Wildman–Crippen MR) is 85.4 cm³/mol. The molecule has 20 heavy (non-hydrogen) atoms. The van der Waals surface area contributed by atoms with Gasteiger partial charge >= 0.3 is 0 Å². The molecule has 0 radical (unpaired) electrons. The zero-order valence-corrected chi connectivity index (χ0v) is 13.9.